The largest absolute Gasteiger partial charge is 0.310 e. The van der Waals surface area contributed by atoms with Crippen molar-refractivity contribution in [3.8, 4) is 27.9 Å². The maximum absolute atomic E-state index is 2.49. The first-order valence-corrected chi connectivity index (χ1v) is 23.9. The van der Waals surface area contributed by atoms with Crippen molar-refractivity contribution in [1.29, 1.82) is 0 Å². The van der Waals surface area contributed by atoms with E-state index in [0.717, 1.165) is 28.3 Å². The fourth-order valence-corrected chi connectivity index (χ4v) is 11.8. The Hall–Kier alpha value is -8.98. The topological polar surface area (TPSA) is 8.17 Å². The van der Waals surface area contributed by atoms with Crippen molar-refractivity contribution in [2.24, 2.45) is 0 Å². The number of para-hydroxylation sites is 1. The number of nitrogens with zero attached hydrogens (tertiary/aromatic N) is 2. The van der Waals surface area contributed by atoms with E-state index in [-0.39, 0.29) is 0 Å². The van der Waals surface area contributed by atoms with Gasteiger partial charge in [-0.3, -0.25) is 0 Å². The van der Waals surface area contributed by atoms with Gasteiger partial charge >= 0.3 is 0 Å². The van der Waals surface area contributed by atoms with Crippen molar-refractivity contribution >= 4 is 71.2 Å². The lowest BCUT2D eigenvalue weighted by Crippen LogP contribution is -2.28. The van der Waals surface area contributed by atoms with Crippen LogP contribution in [0.4, 0.5) is 17.1 Å². The Morgan fingerprint density at radius 1 is 0.333 bits per heavy atom. The van der Waals surface area contributed by atoms with Crippen LogP contribution in [0.5, 0.6) is 0 Å². The van der Waals surface area contributed by atoms with Crippen LogP contribution < -0.4 is 4.90 Å². The molecule has 0 atom stereocenters. The fraction of sp³-hybridized carbons (Fsp3) is 0.0149. The summed E-state index contributed by atoms with van der Waals surface area (Å²) in [6.45, 7) is 0. The Bertz CT molecular complexity index is 4070. The molecule has 0 saturated heterocycles. The summed E-state index contributed by atoms with van der Waals surface area (Å²) in [5.74, 6) is 0. The molecular weight excluding hydrogens is 833 g/mol. The second kappa shape index (κ2) is 15.6. The monoisotopic (exact) mass is 876 g/mol. The number of rotatable bonds is 7. The van der Waals surface area contributed by atoms with Gasteiger partial charge < -0.3 is 9.47 Å². The zero-order valence-electron chi connectivity index (χ0n) is 37.8. The minimum atomic E-state index is -0.521. The molecule has 0 N–H and O–H groups in total. The van der Waals surface area contributed by atoms with Gasteiger partial charge in [0.25, 0.3) is 0 Å². The van der Waals surface area contributed by atoms with Crippen LogP contribution in [0.3, 0.4) is 0 Å². The van der Waals surface area contributed by atoms with Gasteiger partial charge in [-0.25, -0.2) is 0 Å². The first kappa shape index (κ1) is 39.2. The predicted octanol–water partition coefficient (Wildman–Crippen LogP) is 17.7. The minimum Gasteiger partial charge on any atom is -0.310 e. The first-order valence-electron chi connectivity index (χ1n) is 23.9. The number of hydrogen-bond acceptors (Lipinski definition) is 1. The van der Waals surface area contributed by atoms with Gasteiger partial charge in [0, 0.05) is 38.8 Å². The molecule has 1 aromatic heterocycles. The SMILES string of the molecule is c1ccc(-n2c3cc(-c4ccc(N(c5ccc6ccc7ccccc7c6c5)c5cccc6c5-c5ccccc5C6(c5ccccc5)c5ccccc5)cc4)ccc3c3ccc4ccccc4c32)cc1. The van der Waals surface area contributed by atoms with Crippen molar-refractivity contribution in [3.63, 3.8) is 0 Å². The molecule has 0 aliphatic heterocycles. The molecule has 1 aliphatic carbocycles. The molecule has 13 aromatic rings. The summed E-state index contributed by atoms with van der Waals surface area (Å²) >= 11 is 0. The second-order valence-electron chi connectivity index (χ2n) is 18.4. The van der Waals surface area contributed by atoms with Gasteiger partial charge in [-0.15, -0.1) is 0 Å². The van der Waals surface area contributed by atoms with Crippen LogP contribution in [0.25, 0.3) is 82.1 Å². The molecule has 0 amide bonds. The van der Waals surface area contributed by atoms with Crippen LogP contribution in [0.15, 0.2) is 267 Å². The highest BCUT2D eigenvalue weighted by atomic mass is 15.1. The van der Waals surface area contributed by atoms with Crippen molar-refractivity contribution in [2.45, 2.75) is 5.41 Å². The highest BCUT2D eigenvalue weighted by molar-refractivity contribution is 6.19. The fourth-order valence-electron chi connectivity index (χ4n) is 11.8. The summed E-state index contributed by atoms with van der Waals surface area (Å²) in [5, 5.41) is 9.94. The van der Waals surface area contributed by atoms with E-state index in [1.807, 2.05) is 0 Å². The zero-order chi connectivity index (χ0) is 45.5. The molecule has 12 aromatic carbocycles. The minimum absolute atomic E-state index is 0.521. The normalized spacial score (nSPS) is 12.8. The van der Waals surface area contributed by atoms with Gasteiger partial charge in [0.05, 0.1) is 22.1 Å². The van der Waals surface area contributed by atoms with Gasteiger partial charge in [0.2, 0.25) is 0 Å². The van der Waals surface area contributed by atoms with Crippen LogP contribution in [0, 0.1) is 0 Å². The average molecular weight is 877 g/mol. The van der Waals surface area contributed by atoms with Crippen molar-refractivity contribution < 1.29 is 0 Å². The quantitative estimate of drug-likeness (QED) is 0.145. The Morgan fingerprint density at radius 2 is 0.884 bits per heavy atom. The number of benzene rings is 12. The third kappa shape index (κ3) is 5.92. The molecule has 0 radical (unpaired) electrons. The van der Waals surface area contributed by atoms with Crippen LogP contribution >= 0.6 is 0 Å². The van der Waals surface area contributed by atoms with Crippen molar-refractivity contribution in [3.05, 3.63) is 289 Å². The summed E-state index contributed by atoms with van der Waals surface area (Å²) < 4.78 is 2.45. The highest BCUT2D eigenvalue weighted by Gasteiger charge is 2.47. The van der Waals surface area contributed by atoms with Gasteiger partial charge in [-0.2, -0.15) is 0 Å². The predicted molar refractivity (Wildman–Crippen MR) is 291 cm³/mol. The van der Waals surface area contributed by atoms with E-state index in [1.165, 1.54) is 93.1 Å². The van der Waals surface area contributed by atoms with Gasteiger partial charge in [-0.1, -0.05) is 218 Å². The van der Waals surface area contributed by atoms with Crippen molar-refractivity contribution in [1.82, 2.24) is 4.57 Å². The lowest BCUT2D eigenvalue weighted by molar-refractivity contribution is 0.768. The molecule has 0 spiro atoms. The molecule has 2 heteroatoms. The van der Waals surface area contributed by atoms with Crippen molar-refractivity contribution in [2.75, 3.05) is 4.90 Å². The molecular formula is C67H44N2. The molecule has 1 heterocycles. The summed E-state index contributed by atoms with van der Waals surface area (Å²) in [5.41, 5.74) is 16.3. The van der Waals surface area contributed by atoms with E-state index in [1.54, 1.807) is 0 Å². The zero-order valence-corrected chi connectivity index (χ0v) is 37.8. The Kier molecular flexibility index (Phi) is 8.84. The van der Waals surface area contributed by atoms with E-state index in [4.69, 9.17) is 0 Å². The second-order valence-corrected chi connectivity index (χ2v) is 18.4. The lowest BCUT2D eigenvalue weighted by atomic mass is 9.68. The van der Waals surface area contributed by atoms with Crippen LogP contribution in [0.1, 0.15) is 22.3 Å². The van der Waals surface area contributed by atoms with Crippen LogP contribution in [-0.2, 0) is 5.41 Å². The third-order valence-corrected chi connectivity index (χ3v) is 14.8. The Balaban J connectivity index is 0.987. The van der Waals surface area contributed by atoms with E-state index < -0.39 is 5.41 Å². The smallest absolute Gasteiger partial charge is 0.0714 e. The standard InChI is InChI=1S/C67H44N2/c1-4-19-50(20-5-1)67(51-21-6-2-7-22-51)61-28-15-14-27-59(61)65-62(67)29-16-30-63(65)68(54-40-35-48-32-31-46-17-10-12-25-55(46)60(48)44-54)53-38-33-45(34-39-53)49-37-41-57-58-42-36-47-18-11-13-26-56(47)66(58)69(64(57)43-49)52-23-8-3-9-24-52/h1-44H. The Morgan fingerprint density at radius 3 is 1.64 bits per heavy atom. The van der Waals surface area contributed by atoms with Gasteiger partial charge in [0.1, 0.15) is 0 Å². The molecule has 322 valence electrons. The molecule has 14 rings (SSSR count). The van der Waals surface area contributed by atoms with E-state index in [2.05, 4.69) is 276 Å². The molecule has 0 unspecified atom stereocenters. The number of fused-ring (bicyclic) bond motifs is 11. The maximum atomic E-state index is 2.49. The molecule has 0 fully saturated rings. The van der Waals surface area contributed by atoms with E-state index >= 15 is 0 Å². The summed E-state index contributed by atoms with van der Waals surface area (Å²) in [7, 11) is 0. The number of hydrogen-bond donors (Lipinski definition) is 0. The van der Waals surface area contributed by atoms with Gasteiger partial charge in [0.15, 0.2) is 0 Å². The van der Waals surface area contributed by atoms with Crippen LogP contribution in [0.2, 0.25) is 0 Å². The third-order valence-electron chi connectivity index (χ3n) is 14.8. The maximum Gasteiger partial charge on any atom is 0.0714 e. The summed E-state index contributed by atoms with van der Waals surface area (Å²) in [6, 6.07) is 98.7. The molecule has 2 nitrogen and oxygen atoms in total. The molecule has 0 bridgehead atoms. The summed E-state index contributed by atoms with van der Waals surface area (Å²) in [4.78, 5) is 2.49. The first-order chi connectivity index (χ1) is 34.2. The van der Waals surface area contributed by atoms with E-state index in [0.29, 0.717) is 0 Å². The number of anilines is 3. The van der Waals surface area contributed by atoms with Gasteiger partial charge in [-0.05, 0) is 114 Å². The van der Waals surface area contributed by atoms with Crippen LogP contribution in [-0.4, -0.2) is 4.57 Å². The Labute approximate surface area is 401 Å². The molecule has 0 saturated carbocycles. The summed E-state index contributed by atoms with van der Waals surface area (Å²) in [6.07, 6.45) is 0. The molecule has 1 aliphatic rings. The van der Waals surface area contributed by atoms with E-state index in [9.17, 15) is 0 Å². The highest BCUT2D eigenvalue weighted by Crippen LogP contribution is 2.59. The lowest BCUT2D eigenvalue weighted by Gasteiger charge is -2.34. The average Bonchev–Trinajstić information content (AvgIpc) is 3.93. The number of aromatic nitrogens is 1. The molecule has 69 heavy (non-hydrogen) atoms.